The highest BCUT2D eigenvalue weighted by molar-refractivity contribution is 6.35. The van der Waals surface area contributed by atoms with Crippen molar-refractivity contribution in [3.8, 4) is 5.69 Å². The van der Waals surface area contributed by atoms with Crippen molar-refractivity contribution in [2.45, 2.75) is 13.8 Å². The number of halogens is 3. The van der Waals surface area contributed by atoms with Gasteiger partial charge in [-0.25, -0.2) is 9.48 Å². The summed E-state index contributed by atoms with van der Waals surface area (Å²) in [4.78, 5) is 11.6. The van der Waals surface area contributed by atoms with E-state index in [2.05, 4.69) is 5.10 Å². The van der Waals surface area contributed by atoms with Crippen LogP contribution in [0, 0.1) is 6.92 Å². The Labute approximate surface area is 171 Å². The number of carboxylic acid groups (broad SMARTS) is 1. The van der Waals surface area contributed by atoms with Gasteiger partial charge in [-0.2, -0.15) is 5.10 Å². The molecule has 4 nitrogen and oxygen atoms in total. The van der Waals surface area contributed by atoms with Crippen LogP contribution in [0.3, 0.4) is 0 Å². The second-order valence-electron chi connectivity index (χ2n) is 6.01. The number of hydrogen-bond acceptors (Lipinski definition) is 2. The topological polar surface area (TPSA) is 55.1 Å². The number of nitrogens with zero attached hydrogens (tertiary/aromatic N) is 2. The first-order chi connectivity index (χ1) is 12.8. The van der Waals surface area contributed by atoms with Gasteiger partial charge >= 0.3 is 5.97 Å². The molecule has 27 heavy (non-hydrogen) atoms. The first-order valence-electron chi connectivity index (χ1n) is 8.00. The highest BCUT2D eigenvalue weighted by Gasteiger charge is 2.22. The van der Waals surface area contributed by atoms with E-state index in [-0.39, 0.29) is 5.69 Å². The molecule has 0 unspecified atom stereocenters. The molecule has 0 atom stereocenters. The standard InChI is InChI=1S/C20H15Cl3N2O2/c1-11(9-13-3-5-14(21)6-4-13)19-12(2)18(20(26)27)24-25(19)17-8-7-15(22)10-16(17)23/h3-10H,1-2H3,(H,26,27). The lowest BCUT2D eigenvalue weighted by Crippen LogP contribution is -2.04. The minimum Gasteiger partial charge on any atom is -0.476 e. The largest absolute Gasteiger partial charge is 0.476 e. The lowest BCUT2D eigenvalue weighted by molar-refractivity contribution is 0.0689. The van der Waals surface area contributed by atoms with Gasteiger partial charge in [0.05, 0.1) is 16.4 Å². The minimum atomic E-state index is -1.10. The van der Waals surface area contributed by atoms with E-state index in [1.807, 2.05) is 25.1 Å². The van der Waals surface area contributed by atoms with Gasteiger partial charge in [0, 0.05) is 15.6 Å². The van der Waals surface area contributed by atoms with E-state index in [4.69, 9.17) is 34.8 Å². The van der Waals surface area contributed by atoms with E-state index in [0.29, 0.717) is 32.0 Å². The lowest BCUT2D eigenvalue weighted by Gasteiger charge is -2.11. The fourth-order valence-corrected chi connectivity index (χ4v) is 3.48. The SMILES string of the molecule is CC(=Cc1ccc(Cl)cc1)c1c(C)c(C(=O)O)nn1-c1ccc(Cl)cc1Cl. The van der Waals surface area contributed by atoms with Crippen molar-refractivity contribution in [3.05, 3.63) is 80.0 Å². The fraction of sp³-hybridized carbons (Fsp3) is 0.100. The van der Waals surface area contributed by atoms with Crippen molar-refractivity contribution in [2.75, 3.05) is 0 Å². The summed E-state index contributed by atoms with van der Waals surface area (Å²) in [6.45, 7) is 3.62. The number of allylic oxidation sites excluding steroid dienone is 1. The van der Waals surface area contributed by atoms with Gasteiger partial charge in [0.15, 0.2) is 5.69 Å². The summed E-state index contributed by atoms with van der Waals surface area (Å²) in [6.07, 6.45) is 1.94. The van der Waals surface area contributed by atoms with E-state index in [1.54, 1.807) is 41.9 Å². The Hall–Kier alpha value is -2.27. The molecule has 0 amide bonds. The van der Waals surface area contributed by atoms with Gasteiger partial charge in [0.25, 0.3) is 0 Å². The monoisotopic (exact) mass is 420 g/mol. The normalized spacial score (nSPS) is 11.7. The summed E-state index contributed by atoms with van der Waals surface area (Å²) >= 11 is 18.3. The van der Waals surface area contributed by atoms with Crippen molar-refractivity contribution in [1.29, 1.82) is 0 Å². The number of benzene rings is 2. The van der Waals surface area contributed by atoms with E-state index in [0.717, 1.165) is 11.1 Å². The zero-order valence-electron chi connectivity index (χ0n) is 14.5. The number of hydrogen-bond donors (Lipinski definition) is 1. The summed E-state index contributed by atoms with van der Waals surface area (Å²) in [5.74, 6) is -1.10. The first-order valence-corrected chi connectivity index (χ1v) is 9.14. The number of carbonyl (C=O) groups is 1. The molecule has 138 valence electrons. The van der Waals surface area contributed by atoms with Crippen LogP contribution < -0.4 is 0 Å². The summed E-state index contributed by atoms with van der Waals surface area (Å²) in [5, 5.41) is 15.3. The molecule has 0 fully saturated rings. The molecule has 0 aliphatic heterocycles. The second-order valence-corrected chi connectivity index (χ2v) is 7.29. The first kappa shape index (κ1) is 19.5. The molecular weight excluding hydrogens is 407 g/mol. The van der Waals surface area contributed by atoms with E-state index in [1.165, 1.54) is 0 Å². The minimum absolute atomic E-state index is 0.0279. The maximum atomic E-state index is 11.6. The Bertz CT molecular complexity index is 1050. The maximum absolute atomic E-state index is 11.6. The van der Waals surface area contributed by atoms with Crippen LogP contribution in [0.15, 0.2) is 42.5 Å². The predicted molar refractivity (Wildman–Crippen MR) is 110 cm³/mol. The molecule has 1 aromatic heterocycles. The second kappa shape index (κ2) is 7.77. The molecule has 0 aliphatic carbocycles. The summed E-state index contributed by atoms with van der Waals surface area (Å²) in [6, 6.07) is 12.3. The molecule has 0 bridgehead atoms. The lowest BCUT2D eigenvalue weighted by atomic mass is 10.0. The molecule has 2 aromatic carbocycles. The van der Waals surface area contributed by atoms with Crippen LogP contribution in [-0.2, 0) is 0 Å². The van der Waals surface area contributed by atoms with Gasteiger partial charge < -0.3 is 5.11 Å². The maximum Gasteiger partial charge on any atom is 0.356 e. The van der Waals surface area contributed by atoms with Gasteiger partial charge in [0.2, 0.25) is 0 Å². The van der Waals surface area contributed by atoms with Crippen LogP contribution in [0.1, 0.15) is 34.2 Å². The Morgan fingerprint density at radius 2 is 1.70 bits per heavy atom. The molecule has 0 radical (unpaired) electrons. The summed E-state index contributed by atoms with van der Waals surface area (Å²) < 4.78 is 1.54. The Balaban J connectivity index is 2.21. The van der Waals surface area contributed by atoms with Crippen LogP contribution in [0.2, 0.25) is 15.1 Å². The van der Waals surface area contributed by atoms with Crippen molar-refractivity contribution < 1.29 is 9.90 Å². The fourth-order valence-electron chi connectivity index (χ4n) is 2.87. The molecule has 3 aromatic rings. The number of carboxylic acids is 1. The van der Waals surface area contributed by atoms with Crippen molar-refractivity contribution >= 4 is 52.4 Å². The quantitative estimate of drug-likeness (QED) is 0.530. The molecule has 7 heteroatoms. The number of aromatic nitrogens is 2. The van der Waals surface area contributed by atoms with Crippen molar-refractivity contribution in [3.63, 3.8) is 0 Å². The van der Waals surface area contributed by atoms with Gasteiger partial charge in [-0.3, -0.25) is 0 Å². The van der Waals surface area contributed by atoms with E-state index >= 15 is 0 Å². The molecule has 0 saturated heterocycles. The highest BCUT2D eigenvalue weighted by atomic mass is 35.5. The third kappa shape index (κ3) is 4.03. The molecule has 1 heterocycles. The molecular formula is C20H15Cl3N2O2. The highest BCUT2D eigenvalue weighted by Crippen LogP contribution is 2.31. The predicted octanol–water partition coefficient (Wildman–Crippen LogP) is 6.40. The summed E-state index contributed by atoms with van der Waals surface area (Å²) in [7, 11) is 0. The Kier molecular flexibility index (Phi) is 5.61. The molecule has 0 spiro atoms. The smallest absolute Gasteiger partial charge is 0.356 e. The average Bonchev–Trinajstić information content (AvgIpc) is 2.94. The Morgan fingerprint density at radius 1 is 1.07 bits per heavy atom. The third-order valence-corrected chi connectivity index (χ3v) is 4.88. The van der Waals surface area contributed by atoms with Crippen molar-refractivity contribution in [2.24, 2.45) is 0 Å². The summed E-state index contributed by atoms with van der Waals surface area (Å²) in [5.41, 5.74) is 3.50. The average molecular weight is 422 g/mol. The van der Waals surface area contributed by atoms with E-state index < -0.39 is 5.97 Å². The molecule has 0 aliphatic rings. The zero-order chi connectivity index (χ0) is 19.7. The molecule has 0 saturated carbocycles. The van der Waals surface area contributed by atoms with Gasteiger partial charge in [-0.05, 0) is 61.4 Å². The van der Waals surface area contributed by atoms with Crippen LogP contribution >= 0.6 is 34.8 Å². The number of aromatic carboxylic acids is 1. The van der Waals surface area contributed by atoms with Gasteiger partial charge in [-0.15, -0.1) is 0 Å². The zero-order valence-corrected chi connectivity index (χ0v) is 16.8. The van der Waals surface area contributed by atoms with Crippen molar-refractivity contribution in [1.82, 2.24) is 9.78 Å². The van der Waals surface area contributed by atoms with Gasteiger partial charge in [-0.1, -0.05) is 46.9 Å². The van der Waals surface area contributed by atoms with Crippen LogP contribution in [0.25, 0.3) is 17.3 Å². The molecule has 3 rings (SSSR count). The molecule has 1 N–H and O–H groups in total. The number of rotatable bonds is 4. The third-order valence-electron chi connectivity index (χ3n) is 4.09. The van der Waals surface area contributed by atoms with Crippen LogP contribution in [-0.4, -0.2) is 20.9 Å². The Morgan fingerprint density at radius 3 is 2.30 bits per heavy atom. The van der Waals surface area contributed by atoms with Crippen LogP contribution in [0.5, 0.6) is 0 Å². The van der Waals surface area contributed by atoms with E-state index in [9.17, 15) is 9.90 Å². The van der Waals surface area contributed by atoms with Crippen LogP contribution in [0.4, 0.5) is 0 Å². The van der Waals surface area contributed by atoms with Gasteiger partial charge in [0.1, 0.15) is 0 Å².